The molecular formula is C20H15NO2. The van der Waals surface area contributed by atoms with Crippen molar-refractivity contribution in [1.29, 1.82) is 0 Å². The molecule has 0 aliphatic carbocycles. The van der Waals surface area contributed by atoms with Crippen LogP contribution in [0.2, 0.25) is 0 Å². The molecule has 3 rings (SSSR count). The second-order valence-electron chi connectivity index (χ2n) is 5.11. The summed E-state index contributed by atoms with van der Waals surface area (Å²) in [6.07, 6.45) is 1.98. The lowest BCUT2D eigenvalue weighted by molar-refractivity contribution is -0.385. The van der Waals surface area contributed by atoms with Crippen LogP contribution in [0.15, 0.2) is 84.9 Å². The zero-order chi connectivity index (χ0) is 16.1. The van der Waals surface area contributed by atoms with Gasteiger partial charge in [-0.1, -0.05) is 72.8 Å². The molecule has 0 aliphatic rings. The molecule has 0 atom stereocenters. The van der Waals surface area contributed by atoms with Crippen molar-refractivity contribution >= 4 is 17.3 Å². The maximum Gasteiger partial charge on any atom is 0.277 e. The number of nitro groups is 1. The van der Waals surface area contributed by atoms with Crippen LogP contribution >= 0.6 is 0 Å². The van der Waals surface area contributed by atoms with Crippen LogP contribution in [0.4, 0.5) is 5.69 Å². The molecule has 112 valence electrons. The molecule has 0 aliphatic heterocycles. The number of para-hydroxylation sites is 1. The molecule has 3 aromatic carbocycles. The van der Waals surface area contributed by atoms with Gasteiger partial charge in [0.05, 0.1) is 10.5 Å². The topological polar surface area (TPSA) is 43.1 Å². The number of hydrogen-bond acceptors (Lipinski definition) is 2. The van der Waals surface area contributed by atoms with Gasteiger partial charge in [-0.05, 0) is 28.8 Å². The molecule has 0 spiro atoms. The molecule has 0 fully saturated rings. The van der Waals surface area contributed by atoms with Gasteiger partial charge in [0.25, 0.3) is 5.69 Å². The normalized spacial score (nSPS) is 11.2. The minimum atomic E-state index is -0.336. The van der Waals surface area contributed by atoms with Crippen LogP contribution in [0.25, 0.3) is 11.6 Å². The van der Waals surface area contributed by atoms with E-state index in [2.05, 4.69) is 0 Å². The highest BCUT2D eigenvalue weighted by molar-refractivity contribution is 5.94. The van der Waals surface area contributed by atoms with Crippen molar-refractivity contribution in [3.63, 3.8) is 0 Å². The van der Waals surface area contributed by atoms with Crippen LogP contribution in [-0.2, 0) is 0 Å². The van der Waals surface area contributed by atoms with E-state index in [1.165, 1.54) is 6.07 Å². The Hall–Kier alpha value is -3.20. The summed E-state index contributed by atoms with van der Waals surface area (Å²) >= 11 is 0. The predicted octanol–water partition coefficient (Wildman–Crippen LogP) is 5.18. The first-order valence-electron chi connectivity index (χ1n) is 7.31. The molecule has 0 N–H and O–H groups in total. The summed E-state index contributed by atoms with van der Waals surface area (Å²) in [5.74, 6) is 0. The summed E-state index contributed by atoms with van der Waals surface area (Å²) in [5.41, 5.74) is 3.52. The summed E-state index contributed by atoms with van der Waals surface area (Å²) in [7, 11) is 0. The van der Waals surface area contributed by atoms with Crippen molar-refractivity contribution in [3.05, 3.63) is 112 Å². The Morgan fingerprint density at radius 3 is 2.00 bits per heavy atom. The lowest BCUT2D eigenvalue weighted by atomic mass is 9.94. The highest BCUT2D eigenvalue weighted by Crippen LogP contribution is 2.32. The third kappa shape index (κ3) is 3.35. The largest absolute Gasteiger partial charge is 0.277 e. The van der Waals surface area contributed by atoms with E-state index in [0.29, 0.717) is 5.56 Å². The maximum absolute atomic E-state index is 11.4. The number of rotatable bonds is 4. The van der Waals surface area contributed by atoms with E-state index in [0.717, 1.165) is 16.7 Å². The smallest absolute Gasteiger partial charge is 0.258 e. The van der Waals surface area contributed by atoms with Crippen LogP contribution in [0, 0.1) is 10.1 Å². The summed E-state index contributed by atoms with van der Waals surface area (Å²) in [4.78, 5) is 11.1. The van der Waals surface area contributed by atoms with Gasteiger partial charge in [-0.25, -0.2) is 0 Å². The first kappa shape index (κ1) is 14.7. The lowest BCUT2D eigenvalue weighted by Crippen LogP contribution is -1.96. The molecule has 23 heavy (non-hydrogen) atoms. The number of nitrogens with zero attached hydrogens (tertiary/aromatic N) is 1. The Morgan fingerprint density at radius 1 is 0.783 bits per heavy atom. The van der Waals surface area contributed by atoms with Crippen molar-refractivity contribution in [3.8, 4) is 0 Å². The zero-order valence-corrected chi connectivity index (χ0v) is 12.4. The second kappa shape index (κ2) is 6.71. The average Bonchev–Trinajstić information content (AvgIpc) is 2.61. The van der Waals surface area contributed by atoms with Crippen LogP contribution in [0.5, 0.6) is 0 Å². The third-order valence-corrected chi connectivity index (χ3v) is 3.59. The van der Waals surface area contributed by atoms with Crippen molar-refractivity contribution in [1.82, 2.24) is 0 Å². The van der Waals surface area contributed by atoms with E-state index in [4.69, 9.17) is 0 Å². The van der Waals surface area contributed by atoms with E-state index >= 15 is 0 Å². The maximum atomic E-state index is 11.4. The monoisotopic (exact) mass is 301 g/mol. The molecular weight excluding hydrogens is 286 g/mol. The highest BCUT2D eigenvalue weighted by Gasteiger charge is 2.17. The molecule has 0 saturated heterocycles. The van der Waals surface area contributed by atoms with Crippen molar-refractivity contribution in [2.45, 2.75) is 0 Å². The van der Waals surface area contributed by atoms with Gasteiger partial charge in [0.15, 0.2) is 0 Å². The predicted molar refractivity (Wildman–Crippen MR) is 93.0 cm³/mol. The molecule has 3 aromatic rings. The Labute approximate surface area is 134 Å². The Kier molecular flexibility index (Phi) is 4.29. The quantitative estimate of drug-likeness (QED) is 0.378. The fraction of sp³-hybridized carbons (Fsp3) is 0. The molecule has 0 amide bonds. The minimum Gasteiger partial charge on any atom is -0.258 e. The standard InChI is InChI=1S/C20H15NO2/c22-21(23)20-14-8-7-13-18(20)19(17-11-5-2-6-12-17)15-16-9-3-1-4-10-16/h1-15H. The van der Waals surface area contributed by atoms with Crippen LogP contribution in [0.3, 0.4) is 0 Å². The lowest BCUT2D eigenvalue weighted by Gasteiger charge is -2.09. The van der Waals surface area contributed by atoms with Crippen LogP contribution in [0.1, 0.15) is 16.7 Å². The Balaban J connectivity index is 2.22. The first-order chi connectivity index (χ1) is 11.3. The van der Waals surface area contributed by atoms with Gasteiger partial charge >= 0.3 is 0 Å². The summed E-state index contributed by atoms with van der Waals surface area (Å²) < 4.78 is 0. The molecule has 3 heteroatoms. The Morgan fingerprint density at radius 2 is 1.35 bits per heavy atom. The van der Waals surface area contributed by atoms with Gasteiger partial charge < -0.3 is 0 Å². The molecule has 0 unspecified atom stereocenters. The van der Waals surface area contributed by atoms with E-state index in [1.807, 2.05) is 72.8 Å². The van der Waals surface area contributed by atoms with Gasteiger partial charge in [-0.15, -0.1) is 0 Å². The van der Waals surface area contributed by atoms with Crippen molar-refractivity contribution < 1.29 is 4.92 Å². The first-order valence-corrected chi connectivity index (χ1v) is 7.31. The summed E-state index contributed by atoms with van der Waals surface area (Å²) in [5, 5.41) is 11.4. The van der Waals surface area contributed by atoms with E-state index in [1.54, 1.807) is 12.1 Å². The molecule has 0 heterocycles. The second-order valence-corrected chi connectivity index (χ2v) is 5.11. The van der Waals surface area contributed by atoms with Crippen molar-refractivity contribution in [2.24, 2.45) is 0 Å². The number of benzene rings is 3. The molecule has 0 bridgehead atoms. The highest BCUT2D eigenvalue weighted by atomic mass is 16.6. The number of hydrogen-bond donors (Lipinski definition) is 0. The van der Waals surface area contributed by atoms with Crippen LogP contribution < -0.4 is 0 Å². The average molecular weight is 301 g/mol. The van der Waals surface area contributed by atoms with E-state index in [9.17, 15) is 10.1 Å². The summed E-state index contributed by atoms with van der Waals surface area (Å²) in [6.45, 7) is 0. The minimum absolute atomic E-state index is 0.110. The zero-order valence-electron chi connectivity index (χ0n) is 12.4. The number of nitro benzene ring substituents is 1. The molecule has 3 nitrogen and oxygen atoms in total. The SMILES string of the molecule is O=[N+]([O-])c1ccccc1C(=Cc1ccccc1)c1ccccc1. The fourth-order valence-corrected chi connectivity index (χ4v) is 2.51. The van der Waals surface area contributed by atoms with Gasteiger partial charge in [0.2, 0.25) is 0 Å². The van der Waals surface area contributed by atoms with E-state index < -0.39 is 0 Å². The van der Waals surface area contributed by atoms with Crippen molar-refractivity contribution in [2.75, 3.05) is 0 Å². The van der Waals surface area contributed by atoms with Gasteiger partial charge in [0.1, 0.15) is 0 Å². The molecule has 0 radical (unpaired) electrons. The molecule has 0 aromatic heterocycles. The van der Waals surface area contributed by atoms with Gasteiger partial charge in [0, 0.05) is 6.07 Å². The van der Waals surface area contributed by atoms with Gasteiger partial charge in [-0.2, -0.15) is 0 Å². The van der Waals surface area contributed by atoms with E-state index in [-0.39, 0.29) is 10.6 Å². The molecule has 0 saturated carbocycles. The van der Waals surface area contributed by atoms with Gasteiger partial charge in [-0.3, -0.25) is 10.1 Å². The Bertz CT molecular complexity index is 840. The fourth-order valence-electron chi connectivity index (χ4n) is 2.51. The summed E-state index contributed by atoms with van der Waals surface area (Å²) in [6, 6.07) is 26.4. The van der Waals surface area contributed by atoms with Crippen LogP contribution in [-0.4, -0.2) is 4.92 Å². The third-order valence-electron chi connectivity index (χ3n) is 3.59.